The van der Waals surface area contributed by atoms with E-state index in [1.165, 1.54) is 36.4 Å². The van der Waals surface area contributed by atoms with Gasteiger partial charge in [-0.25, -0.2) is 0 Å². The maximum absolute atomic E-state index is 12.8. The summed E-state index contributed by atoms with van der Waals surface area (Å²) in [6, 6.07) is 8.59. The largest absolute Gasteiger partial charge is 0.507 e. The number of hydrogen-bond acceptors (Lipinski definition) is 8. The number of ketones is 1. The minimum absolute atomic E-state index is 0.0312. The number of nitro benzene ring substituents is 2. The molecule has 0 saturated carbocycles. The maximum Gasteiger partial charge on any atom is 0.303 e. The van der Waals surface area contributed by atoms with Gasteiger partial charge in [0.05, 0.1) is 21.5 Å². The predicted molar refractivity (Wildman–Crippen MR) is 112 cm³/mol. The van der Waals surface area contributed by atoms with Crippen LogP contribution in [-0.2, 0) is 14.4 Å². The number of non-ortho nitro benzene ring substituents is 2. The molecule has 0 spiro atoms. The SMILES string of the molecule is O=C(O)CCCN1C(=O)C(=O)/C(=C(\O)c2ccc([N+](=O)[O-])cc2)C1c1ccc([N+](=O)[O-])cc1. The number of Topliss-reactive ketones (excluding diaryl/α,β-unsaturated/α-hetero) is 1. The fraction of sp³-hybridized carbons (Fsp3) is 0.190. The molecule has 0 aliphatic carbocycles. The van der Waals surface area contributed by atoms with Crippen LogP contribution in [0.5, 0.6) is 0 Å². The molecule has 0 radical (unpaired) electrons. The first-order chi connectivity index (χ1) is 15.6. The molecule has 33 heavy (non-hydrogen) atoms. The molecule has 1 saturated heterocycles. The van der Waals surface area contributed by atoms with Crippen molar-refractivity contribution in [3.63, 3.8) is 0 Å². The molecule has 0 aromatic heterocycles. The van der Waals surface area contributed by atoms with Crippen molar-refractivity contribution in [2.24, 2.45) is 0 Å². The Labute approximate surface area is 185 Å². The summed E-state index contributed by atoms with van der Waals surface area (Å²) in [5.41, 5.74) is -0.433. The van der Waals surface area contributed by atoms with Crippen LogP contribution in [0.25, 0.3) is 5.76 Å². The number of carboxylic acid groups (broad SMARTS) is 1. The minimum atomic E-state index is -1.13. The van der Waals surface area contributed by atoms with Gasteiger partial charge in [0.1, 0.15) is 5.76 Å². The second-order valence-electron chi connectivity index (χ2n) is 7.14. The lowest BCUT2D eigenvalue weighted by Crippen LogP contribution is -2.31. The van der Waals surface area contributed by atoms with Crippen LogP contribution in [-0.4, -0.2) is 49.2 Å². The third kappa shape index (κ3) is 4.69. The van der Waals surface area contributed by atoms with Crippen LogP contribution >= 0.6 is 0 Å². The molecule has 1 fully saturated rings. The predicted octanol–water partition coefficient (Wildman–Crippen LogP) is 2.79. The van der Waals surface area contributed by atoms with E-state index in [2.05, 4.69) is 0 Å². The zero-order valence-electron chi connectivity index (χ0n) is 16.9. The quantitative estimate of drug-likeness (QED) is 0.199. The standard InChI is InChI=1S/C21H17N3O9/c25-16(26)2-1-11-22-18(12-3-7-14(8-4-12)23(30)31)17(20(28)21(22)29)19(27)13-5-9-15(10-6-13)24(32)33/h3-10,18,27H,1-2,11H2,(H,25,26)/b19-17-. The van der Waals surface area contributed by atoms with Gasteiger partial charge in [-0.1, -0.05) is 0 Å². The number of rotatable bonds is 8. The number of nitro groups is 2. The first-order valence-corrected chi connectivity index (χ1v) is 9.61. The number of carboxylic acids is 1. The van der Waals surface area contributed by atoms with Gasteiger partial charge in [-0.05, 0) is 36.2 Å². The summed E-state index contributed by atoms with van der Waals surface area (Å²) >= 11 is 0. The number of hydrogen-bond donors (Lipinski definition) is 2. The van der Waals surface area contributed by atoms with E-state index in [9.17, 15) is 39.7 Å². The lowest BCUT2D eigenvalue weighted by molar-refractivity contribution is -0.385. The van der Waals surface area contributed by atoms with Crippen molar-refractivity contribution < 1.29 is 34.4 Å². The van der Waals surface area contributed by atoms with Gasteiger partial charge in [0, 0.05) is 42.8 Å². The number of amides is 1. The van der Waals surface area contributed by atoms with Gasteiger partial charge < -0.3 is 15.1 Å². The molecular weight excluding hydrogens is 438 g/mol. The number of nitrogens with zero attached hydrogens (tertiary/aromatic N) is 3. The summed E-state index contributed by atoms with van der Waals surface area (Å²) in [5, 5.41) is 41.6. The molecule has 1 amide bonds. The third-order valence-corrected chi connectivity index (χ3v) is 5.10. The fourth-order valence-electron chi connectivity index (χ4n) is 3.53. The lowest BCUT2D eigenvalue weighted by atomic mass is 9.95. The van der Waals surface area contributed by atoms with Crippen molar-refractivity contribution in [1.29, 1.82) is 0 Å². The van der Waals surface area contributed by atoms with Gasteiger partial charge in [-0.3, -0.25) is 34.6 Å². The van der Waals surface area contributed by atoms with Crippen LogP contribution in [0, 0.1) is 20.2 Å². The van der Waals surface area contributed by atoms with Gasteiger partial charge in [-0.15, -0.1) is 0 Å². The lowest BCUT2D eigenvalue weighted by Gasteiger charge is -2.25. The highest BCUT2D eigenvalue weighted by Crippen LogP contribution is 2.40. The van der Waals surface area contributed by atoms with Crippen LogP contribution in [0.3, 0.4) is 0 Å². The van der Waals surface area contributed by atoms with Gasteiger partial charge in [0.2, 0.25) is 0 Å². The van der Waals surface area contributed by atoms with Gasteiger partial charge >= 0.3 is 5.97 Å². The number of carbonyl (C=O) groups is 3. The maximum atomic E-state index is 12.8. The van der Waals surface area contributed by atoms with E-state index >= 15 is 0 Å². The smallest absolute Gasteiger partial charge is 0.303 e. The Morgan fingerprint density at radius 2 is 1.42 bits per heavy atom. The zero-order valence-corrected chi connectivity index (χ0v) is 16.9. The topological polar surface area (TPSA) is 181 Å². The molecule has 2 aromatic rings. The van der Waals surface area contributed by atoms with Gasteiger partial charge in [0.15, 0.2) is 0 Å². The van der Waals surface area contributed by atoms with E-state index in [1.54, 1.807) is 0 Å². The van der Waals surface area contributed by atoms with Crippen molar-refractivity contribution in [3.05, 3.63) is 85.5 Å². The van der Waals surface area contributed by atoms with Crippen molar-refractivity contribution >= 4 is 34.8 Å². The molecule has 1 atom stereocenters. The number of carbonyl (C=O) groups excluding carboxylic acids is 2. The summed E-state index contributed by atoms with van der Waals surface area (Å²) in [7, 11) is 0. The van der Waals surface area contributed by atoms with E-state index < -0.39 is 39.3 Å². The minimum Gasteiger partial charge on any atom is -0.507 e. The highest BCUT2D eigenvalue weighted by molar-refractivity contribution is 6.46. The van der Waals surface area contributed by atoms with Crippen molar-refractivity contribution in [3.8, 4) is 0 Å². The molecule has 1 aliphatic rings. The van der Waals surface area contributed by atoms with Crippen LogP contribution < -0.4 is 0 Å². The Morgan fingerprint density at radius 1 is 0.909 bits per heavy atom. The number of likely N-dealkylation sites (tertiary alicyclic amines) is 1. The Hall–Kier alpha value is -4.61. The number of benzene rings is 2. The summed E-state index contributed by atoms with van der Waals surface area (Å²) < 4.78 is 0. The summed E-state index contributed by atoms with van der Waals surface area (Å²) in [5.74, 6) is -3.66. The summed E-state index contributed by atoms with van der Waals surface area (Å²) in [6.07, 6.45) is -0.234. The fourth-order valence-corrected chi connectivity index (χ4v) is 3.53. The summed E-state index contributed by atoms with van der Waals surface area (Å²) in [4.78, 5) is 58.1. The van der Waals surface area contributed by atoms with Crippen molar-refractivity contribution in [2.75, 3.05) is 6.54 Å². The molecule has 0 bridgehead atoms. The molecule has 170 valence electrons. The molecule has 12 heteroatoms. The van der Waals surface area contributed by atoms with Crippen molar-refractivity contribution in [1.82, 2.24) is 4.90 Å². The molecular formula is C21H17N3O9. The molecule has 2 N–H and O–H groups in total. The van der Waals surface area contributed by atoms with Crippen molar-refractivity contribution in [2.45, 2.75) is 18.9 Å². The molecule has 1 aliphatic heterocycles. The zero-order chi connectivity index (χ0) is 24.3. The van der Waals surface area contributed by atoms with Crippen LogP contribution in [0.2, 0.25) is 0 Å². The normalized spacial score (nSPS) is 17.2. The highest BCUT2D eigenvalue weighted by Gasteiger charge is 2.45. The number of aliphatic hydroxyl groups is 1. The highest BCUT2D eigenvalue weighted by atomic mass is 16.6. The Balaban J connectivity index is 2.10. The summed E-state index contributed by atoms with van der Waals surface area (Å²) in [6.45, 7) is -0.116. The van der Waals surface area contributed by atoms with E-state index in [-0.39, 0.29) is 41.9 Å². The molecule has 3 rings (SSSR count). The monoisotopic (exact) mass is 455 g/mol. The number of aliphatic hydroxyl groups excluding tert-OH is 1. The van der Waals surface area contributed by atoms with Crippen LogP contribution in [0.1, 0.15) is 30.0 Å². The molecule has 2 aromatic carbocycles. The van der Waals surface area contributed by atoms with E-state index in [4.69, 9.17) is 5.11 Å². The molecule has 1 unspecified atom stereocenters. The van der Waals surface area contributed by atoms with Gasteiger partial charge in [-0.2, -0.15) is 0 Å². The third-order valence-electron chi connectivity index (χ3n) is 5.10. The van der Waals surface area contributed by atoms with E-state index in [0.717, 1.165) is 17.0 Å². The van der Waals surface area contributed by atoms with Crippen LogP contribution in [0.15, 0.2) is 54.1 Å². The van der Waals surface area contributed by atoms with Gasteiger partial charge in [0.25, 0.3) is 23.1 Å². The number of aliphatic carboxylic acids is 1. The first-order valence-electron chi connectivity index (χ1n) is 9.61. The van der Waals surface area contributed by atoms with E-state index in [1.807, 2.05) is 0 Å². The Kier molecular flexibility index (Phi) is 6.47. The molecule has 12 nitrogen and oxygen atoms in total. The van der Waals surface area contributed by atoms with Crippen LogP contribution in [0.4, 0.5) is 11.4 Å². The Morgan fingerprint density at radius 3 is 1.91 bits per heavy atom. The average Bonchev–Trinajstić information content (AvgIpc) is 3.03. The first kappa shape index (κ1) is 23.1. The average molecular weight is 455 g/mol. The van der Waals surface area contributed by atoms with E-state index in [0.29, 0.717) is 5.56 Å². The molecule has 1 heterocycles. The Bertz CT molecular complexity index is 1170. The second kappa shape index (κ2) is 9.26. The second-order valence-corrected chi connectivity index (χ2v) is 7.14.